The highest BCUT2D eigenvalue weighted by atomic mass is 19.3. The normalized spacial score (nSPS) is 12.9. The SMILES string of the molecule is Cc1ncc(NCC(O)C(F)F)nc1C. The predicted octanol–water partition coefficient (Wildman–Crippen LogP) is 1.13. The molecule has 1 heterocycles. The molecule has 0 fully saturated rings. The Bertz CT molecular complexity index is 333. The largest absolute Gasteiger partial charge is 0.385 e. The Morgan fingerprint density at radius 2 is 2.07 bits per heavy atom. The Morgan fingerprint density at radius 1 is 1.40 bits per heavy atom. The smallest absolute Gasteiger partial charge is 0.265 e. The van der Waals surface area contributed by atoms with E-state index in [0.717, 1.165) is 11.4 Å². The maximum atomic E-state index is 11.9. The number of hydrogen-bond donors (Lipinski definition) is 2. The molecular formula is C9H13F2N3O. The molecule has 6 heteroatoms. The summed E-state index contributed by atoms with van der Waals surface area (Å²) in [6.45, 7) is 3.34. The van der Waals surface area contributed by atoms with Gasteiger partial charge in [0.2, 0.25) is 0 Å². The maximum Gasteiger partial charge on any atom is 0.265 e. The van der Waals surface area contributed by atoms with E-state index in [1.807, 2.05) is 0 Å². The van der Waals surface area contributed by atoms with Gasteiger partial charge < -0.3 is 10.4 Å². The van der Waals surface area contributed by atoms with E-state index in [1.165, 1.54) is 6.20 Å². The number of anilines is 1. The van der Waals surface area contributed by atoms with Gasteiger partial charge in [0, 0.05) is 6.54 Å². The van der Waals surface area contributed by atoms with Crippen LogP contribution in [0.1, 0.15) is 11.4 Å². The molecule has 1 unspecified atom stereocenters. The summed E-state index contributed by atoms with van der Waals surface area (Å²) in [5.74, 6) is 0.387. The number of alkyl halides is 2. The molecule has 1 aromatic rings. The summed E-state index contributed by atoms with van der Waals surface area (Å²) >= 11 is 0. The molecule has 0 bridgehead atoms. The van der Waals surface area contributed by atoms with Crippen LogP contribution in [-0.4, -0.2) is 34.1 Å². The molecule has 84 valence electrons. The molecule has 0 saturated carbocycles. The van der Waals surface area contributed by atoms with Gasteiger partial charge in [-0.25, -0.2) is 13.8 Å². The number of aromatic nitrogens is 2. The van der Waals surface area contributed by atoms with Gasteiger partial charge in [0.15, 0.2) is 0 Å². The second kappa shape index (κ2) is 4.97. The minimum atomic E-state index is -2.75. The van der Waals surface area contributed by atoms with Crippen molar-refractivity contribution in [2.75, 3.05) is 11.9 Å². The highest BCUT2D eigenvalue weighted by molar-refractivity contribution is 5.33. The molecule has 2 N–H and O–H groups in total. The van der Waals surface area contributed by atoms with Crippen molar-refractivity contribution in [2.24, 2.45) is 0 Å². The molecule has 15 heavy (non-hydrogen) atoms. The molecule has 0 spiro atoms. The van der Waals surface area contributed by atoms with E-state index in [0.29, 0.717) is 5.82 Å². The number of halogens is 2. The first-order valence-corrected chi connectivity index (χ1v) is 4.51. The van der Waals surface area contributed by atoms with Crippen molar-refractivity contribution >= 4 is 5.82 Å². The van der Waals surface area contributed by atoms with Crippen molar-refractivity contribution in [3.05, 3.63) is 17.6 Å². The third-order valence-electron chi connectivity index (χ3n) is 1.98. The van der Waals surface area contributed by atoms with E-state index < -0.39 is 12.5 Å². The molecule has 1 atom stereocenters. The summed E-state index contributed by atoms with van der Waals surface area (Å²) in [5.41, 5.74) is 1.52. The monoisotopic (exact) mass is 217 g/mol. The molecule has 1 rings (SSSR count). The Labute approximate surface area is 86.4 Å². The highest BCUT2D eigenvalue weighted by Gasteiger charge is 2.16. The zero-order chi connectivity index (χ0) is 11.4. The van der Waals surface area contributed by atoms with E-state index >= 15 is 0 Å². The highest BCUT2D eigenvalue weighted by Crippen LogP contribution is 2.07. The molecule has 0 saturated heterocycles. The van der Waals surface area contributed by atoms with Gasteiger partial charge in [-0.1, -0.05) is 0 Å². The molecule has 0 radical (unpaired) electrons. The van der Waals surface area contributed by atoms with Crippen LogP contribution in [0, 0.1) is 13.8 Å². The first-order chi connectivity index (χ1) is 7.00. The summed E-state index contributed by atoms with van der Waals surface area (Å²) in [6.07, 6.45) is -2.99. The molecule has 1 aromatic heterocycles. The first kappa shape index (κ1) is 11.8. The lowest BCUT2D eigenvalue weighted by molar-refractivity contribution is 0.00380. The van der Waals surface area contributed by atoms with Crippen molar-refractivity contribution in [2.45, 2.75) is 26.4 Å². The molecule has 0 aromatic carbocycles. The van der Waals surface area contributed by atoms with Gasteiger partial charge in [-0.15, -0.1) is 0 Å². The molecule has 0 aliphatic rings. The van der Waals surface area contributed by atoms with E-state index in [9.17, 15) is 8.78 Å². The summed E-state index contributed by atoms with van der Waals surface area (Å²) in [4.78, 5) is 8.08. The van der Waals surface area contributed by atoms with Gasteiger partial charge >= 0.3 is 0 Å². The predicted molar refractivity (Wildman–Crippen MR) is 52.0 cm³/mol. The van der Waals surface area contributed by atoms with Crippen LogP contribution in [-0.2, 0) is 0 Å². The maximum absolute atomic E-state index is 11.9. The summed E-state index contributed by atoms with van der Waals surface area (Å²) < 4.78 is 23.9. The number of nitrogens with zero attached hydrogens (tertiary/aromatic N) is 2. The summed E-state index contributed by atoms with van der Waals surface area (Å²) in [5, 5.41) is 11.4. The first-order valence-electron chi connectivity index (χ1n) is 4.51. The molecule has 0 amide bonds. The minimum Gasteiger partial charge on any atom is -0.385 e. The van der Waals surface area contributed by atoms with Crippen LogP contribution in [0.2, 0.25) is 0 Å². The lowest BCUT2D eigenvalue weighted by Crippen LogP contribution is -2.27. The third kappa shape index (κ3) is 3.39. The average molecular weight is 217 g/mol. The Kier molecular flexibility index (Phi) is 3.90. The van der Waals surface area contributed by atoms with Crippen LogP contribution in [0.3, 0.4) is 0 Å². The van der Waals surface area contributed by atoms with Gasteiger partial charge in [-0.2, -0.15) is 0 Å². The van der Waals surface area contributed by atoms with Crippen LogP contribution in [0.15, 0.2) is 6.20 Å². The molecular weight excluding hydrogens is 204 g/mol. The third-order valence-corrected chi connectivity index (χ3v) is 1.98. The second-order valence-corrected chi connectivity index (χ2v) is 3.21. The standard InChI is InChI=1S/C9H13F2N3O/c1-5-6(2)14-8(4-12-5)13-3-7(15)9(10)11/h4,7,9,15H,3H2,1-2H3,(H,13,14). The number of hydrogen-bond acceptors (Lipinski definition) is 4. The quantitative estimate of drug-likeness (QED) is 0.793. The Balaban J connectivity index is 2.55. The van der Waals surface area contributed by atoms with Crippen molar-refractivity contribution < 1.29 is 13.9 Å². The summed E-state index contributed by atoms with van der Waals surface area (Å²) in [6, 6.07) is 0. The Morgan fingerprint density at radius 3 is 2.60 bits per heavy atom. The lowest BCUT2D eigenvalue weighted by Gasteiger charge is -2.11. The van der Waals surface area contributed by atoms with Crippen molar-refractivity contribution in [3.63, 3.8) is 0 Å². The fraction of sp³-hybridized carbons (Fsp3) is 0.556. The zero-order valence-corrected chi connectivity index (χ0v) is 8.54. The minimum absolute atomic E-state index is 0.241. The topological polar surface area (TPSA) is 58.0 Å². The second-order valence-electron chi connectivity index (χ2n) is 3.21. The van der Waals surface area contributed by atoms with Gasteiger partial charge in [0.25, 0.3) is 6.43 Å². The number of aliphatic hydroxyl groups is 1. The van der Waals surface area contributed by atoms with E-state index in [4.69, 9.17) is 5.11 Å². The van der Waals surface area contributed by atoms with Crippen LogP contribution >= 0.6 is 0 Å². The molecule has 0 aliphatic carbocycles. The van der Waals surface area contributed by atoms with E-state index in [2.05, 4.69) is 15.3 Å². The fourth-order valence-electron chi connectivity index (χ4n) is 0.925. The number of nitrogens with one attached hydrogen (secondary N) is 1. The van der Waals surface area contributed by atoms with Crippen LogP contribution in [0.25, 0.3) is 0 Å². The van der Waals surface area contributed by atoms with Gasteiger partial charge in [0.1, 0.15) is 11.9 Å². The van der Waals surface area contributed by atoms with Crippen molar-refractivity contribution in [1.82, 2.24) is 9.97 Å². The average Bonchev–Trinajstić information content (AvgIpc) is 2.19. The fourth-order valence-corrected chi connectivity index (χ4v) is 0.925. The van der Waals surface area contributed by atoms with Crippen LogP contribution < -0.4 is 5.32 Å². The van der Waals surface area contributed by atoms with Gasteiger partial charge in [0.05, 0.1) is 17.6 Å². The van der Waals surface area contributed by atoms with Crippen LogP contribution in [0.4, 0.5) is 14.6 Å². The zero-order valence-electron chi connectivity index (χ0n) is 8.54. The lowest BCUT2D eigenvalue weighted by atomic mass is 10.3. The number of aliphatic hydroxyl groups excluding tert-OH is 1. The number of rotatable bonds is 4. The molecule has 0 aliphatic heterocycles. The van der Waals surface area contributed by atoms with Crippen molar-refractivity contribution in [1.29, 1.82) is 0 Å². The van der Waals surface area contributed by atoms with E-state index in [-0.39, 0.29) is 6.54 Å². The van der Waals surface area contributed by atoms with E-state index in [1.54, 1.807) is 13.8 Å². The Hall–Kier alpha value is -1.30. The van der Waals surface area contributed by atoms with Gasteiger partial charge in [-0.3, -0.25) is 4.98 Å². The van der Waals surface area contributed by atoms with Gasteiger partial charge in [-0.05, 0) is 13.8 Å². The van der Waals surface area contributed by atoms with Crippen LogP contribution in [0.5, 0.6) is 0 Å². The molecule has 4 nitrogen and oxygen atoms in total. The summed E-state index contributed by atoms with van der Waals surface area (Å²) in [7, 11) is 0. The van der Waals surface area contributed by atoms with Crippen molar-refractivity contribution in [3.8, 4) is 0 Å². The number of aryl methyl sites for hydroxylation is 2.